The summed E-state index contributed by atoms with van der Waals surface area (Å²) in [5.74, 6) is 0.754. The summed E-state index contributed by atoms with van der Waals surface area (Å²) in [5.41, 5.74) is 0. The number of hydrogen-bond acceptors (Lipinski definition) is 3. The molecule has 0 aromatic rings. The normalized spacial score (nSPS) is 24.1. The third-order valence-electron chi connectivity index (χ3n) is 2.37. The Morgan fingerprint density at radius 3 is 2.93 bits per heavy atom. The van der Waals surface area contributed by atoms with Crippen LogP contribution in [0, 0.1) is 0 Å². The lowest BCUT2D eigenvalue weighted by molar-refractivity contribution is 0.000938. The van der Waals surface area contributed by atoms with E-state index in [1.54, 1.807) is 0 Å². The SMILES string of the molecule is ClC1=NCCC=C1OC1CCOCC1. The molecule has 0 atom stereocenters. The molecule has 78 valence electrons. The lowest BCUT2D eigenvalue weighted by atomic mass is 10.1. The van der Waals surface area contributed by atoms with Gasteiger partial charge in [-0.3, -0.25) is 4.99 Å². The van der Waals surface area contributed by atoms with E-state index in [1.165, 1.54) is 0 Å². The standard InChI is InChI=1S/C10H14ClNO2/c11-10-9(2-1-5-12-10)14-8-3-6-13-7-4-8/h2,8H,1,3-7H2. The highest BCUT2D eigenvalue weighted by Gasteiger charge is 2.18. The van der Waals surface area contributed by atoms with Gasteiger partial charge in [0.1, 0.15) is 6.10 Å². The Bertz CT molecular complexity index is 257. The summed E-state index contributed by atoms with van der Waals surface area (Å²) < 4.78 is 11.0. The molecule has 2 rings (SSSR count). The van der Waals surface area contributed by atoms with Gasteiger partial charge in [-0.2, -0.15) is 0 Å². The molecule has 0 radical (unpaired) electrons. The second kappa shape index (κ2) is 4.80. The third kappa shape index (κ3) is 2.49. The van der Waals surface area contributed by atoms with Gasteiger partial charge in [0.05, 0.1) is 13.2 Å². The number of hydrogen-bond donors (Lipinski definition) is 0. The van der Waals surface area contributed by atoms with Gasteiger partial charge in [0, 0.05) is 19.4 Å². The van der Waals surface area contributed by atoms with Crippen LogP contribution in [0.2, 0.25) is 0 Å². The molecule has 0 spiro atoms. The van der Waals surface area contributed by atoms with Crippen LogP contribution in [-0.4, -0.2) is 31.0 Å². The van der Waals surface area contributed by atoms with Crippen molar-refractivity contribution in [1.82, 2.24) is 0 Å². The Balaban J connectivity index is 1.89. The molecule has 3 nitrogen and oxygen atoms in total. The third-order valence-corrected chi connectivity index (χ3v) is 2.68. The molecule has 0 aromatic carbocycles. The van der Waals surface area contributed by atoms with Crippen LogP contribution in [0.15, 0.2) is 16.8 Å². The van der Waals surface area contributed by atoms with Gasteiger partial charge < -0.3 is 9.47 Å². The highest BCUT2D eigenvalue weighted by molar-refractivity contribution is 6.69. The first kappa shape index (κ1) is 9.99. The molecule has 0 aromatic heterocycles. The molecule has 0 N–H and O–H groups in total. The molecule has 1 saturated heterocycles. The molecule has 0 aliphatic carbocycles. The van der Waals surface area contributed by atoms with E-state index >= 15 is 0 Å². The first-order valence-corrected chi connectivity index (χ1v) is 5.39. The zero-order valence-electron chi connectivity index (χ0n) is 8.04. The zero-order chi connectivity index (χ0) is 9.80. The second-order valence-corrected chi connectivity index (χ2v) is 3.82. The molecule has 4 heteroatoms. The van der Waals surface area contributed by atoms with Crippen LogP contribution in [0.5, 0.6) is 0 Å². The summed E-state index contributed by atoms with van der Waals surface area (Å²) in [7, 11) is 0. The molecule has 0 amide bonds. The summed E-state index contributed by atoms with van der Waals surface area (Å²) in [6, 6.07) is 0. The Morgan fingerprint density at radius 2 is 2.21 bits per heavy atom. The maximum atomic E-state index is 5.93. The average Bonchev–Trinajstić information content (AvgIpc) is 2.23. The highest BCUT2D eigenvalue weighted by atomic mass is 35.5. The van der Waals surface area contributed by atoms with Crippen molar-refractivity contribution < 1.29 is 9.47 Å². The van der Waals surface area contributed by atoms with E-state index in [9.17, 15) is 0 Å². The maximum Gasteiger partial charge on any atom is 0.165 e. The summed E-state index contributed by atoms with van der Waals surface area (Å²) >= 11 is 5.93. The molecule has 0 saturated carbocycles. The van der Waals surface area contributed by atoms with Crippen molar-refractivity contribution >= 4 is 16.8 Å². The van der Waals surface area contributed by atoms with Crippen LogP contribution >= 0.6 is 11.6 Å². The van der Waals surface area contributed by atoms with E-state index in [4.69, 9.17) is 21.1 Å². The number of rotatable bonds is 2. The van der Waals surface area contributed by atoms with Gasteiger partial charge in [0.25, 0.3) is 0 Å². The summed E-state index contributed by atoms with van der Waals surface area (Å²) in [5, 5.41) is 0.516. The summed E-state index contributed by atoms with van der Waals surface area (Å²) in [4.78, 5) is 4.13. The second-order valence-electron chi connectivity index (χ2n) is 3.46. The largest absolute Gasteiger partial charge is 0.487 e. The van der Waals surface area contributed by atoms with Gasteiger partial charge in [-0.15, -0.1) is 0 Å². The number of nitrogens with zero attached hydrogens (tertiary/aromatic N) is 1. The molecule has 0 bridgehead atoms. The van der Waals surface area contributed by atoms with Crippen LogP contribution in [0.25, 0.3) is 0 Å². The number of halogens is 1. The number of dihydropyridines is 1. The van der Waals surface area contributed by atoms with E-state index in [0.29, 0.717) is 5.17 Å². The molecular formula is C10H14ClNO2. The topological polar surface area (TPSA) is 30.8 Å². The number of aliphatic imine (C=N–C) groups is 1. The Labute approximate surface area is 88.7 Å². The van der Waals surface area contributed by atoms with Gasteiger partial charge in [-0.05, 0) is 12.5 Å². The number of allylic oxidation sites excluding steroid dienone is 1. The van der Waals surface area contributed by atoms with Crippen molar-refractivity contribution in [1.29, 1.82) is 0 Å². The summed E-state index contributed by atoms with van der Waals surface area (Å²) in [6.45, 7) is 2.35. The fourth-order valence-corrected chi connectivity index (χ4v) is 1.80. The van der Waals surface area contributed by atoms with Gasteiger partial charge in [0.15, 0.2) is 10.9 Å². The van der Waals surface area contributed by atoms with Gasteiger partial charge in [0.2, 0.25) is 0 Å². The number of ether oxygens (including phenoxy) is 2. The first-order valence-electron chi connectivity index (χ1n) is 5.01. The van der Waals surface area contributed by atoms with Crippen molar-refractivity contribution in [2.24, 2.45) is 4.99 Å². The lowest BCUT2D eigenvalue weighted by Gasteiger charge is -2.25. The smallest absolute Gasteiger partial charge is 0.165 e. The molecule has 1 fully saturated rings. The minimum Gasteiger partial charge on any atom is -0.487 e. The van der Waals surface area contributed by atoms with Crippen LogP contribution < -0.4 is 0 Å². The lowest BCUT2D eigenvalue weighted by Crippen LogP contribution is -2.24. The average molecular weight is 216 g/mol. The molecule has 2 aliphatic rings. The quantitative estimate of drug-likeness (QED) is 0.707. The van der Waals surface area contributed by atoms with E-state index in [2.05, 4.69) is 4.99 Å². The molecule has 14 heavy (non-hydrogen) atoms. The van der Waals surface area contributed by atoms with E-state index in [1.807, 2.05) is 6.08 Å². The van der Waals surface area contributed by atoms with Gasteiger partial charge in [-0.1, -0.05) is 11.6 Å². The van der Waals surface area contributed by atoms with Gasteiger partial charge in [-0.25, -0.2) is 0 Å². The summed E-state index contributed by atoms with van der Waals surface area (Å²) in [6.07, 6.45) is 5.08. The van der Waals surface area contributed by atoms with Crippen molar-refractivity contribution in [3.8, 4) is 0 Å². The minimum absolute atomic E-state index is 0.247. The van der Waals surface area contributed by atoms with Gasteiger partial charge >= 0.3 is 0 Å². The predicted molar refractivity (Wildman–Crippen MR) is 55.8 cm³/mol. The Hall–Kier alpha value is -0.540. The monoisotopic (exact) mass is 215 g/mol. The Morgan fingerprint density at radius 1 is 1.43 bits per heavy atom. The molecule has 0 unspecified atom stereocenters. The fourth-order valence-electron chi connectivity index (χ4n) is 1.59. The molecule has 2 heterocycles. The van der Waals surface area contributed by atoms with Crippen LogP contribution in [0.3, 0.4) is 0 Å². The highest BCUT2D eigenvalue weighted by Crippen LogP contribution is 2.19. The van der Waals surface area contributed by atoms with Crippen molar-refractivity contribution in [2.45, 2.75) is 25.4 Å². The minimum atomic E-state index is 0.247. The van der Waals surface area contributed by atoms with Crippen LogP contribution in [0.1, 0.15) is 19.3 Å². The predicted octanol–water partition coefficient (Wildman–Crippen LogP) is 2.11. The molecular weight excluding hydrogens is 202 g/mol. The van der Waals surface area contributed by atoms with Crippen molar-refractivity contribution in [3.63, 3.8) is 0 Å². The molecule has 2 aliphatic heterocycles. The van der Waals surface area contributed by atoms with E-state index in [-0.39, 0.29) is 6.10 Å². The maximum absolute atomic E-state index is 5.93. The van der Waals surface area contributed by atoms with E-state index < -0.39 is 0 Å². The Kier molecular flexibility index (Phi) is 3.43. The van der Waals surface area contributed by atoms with Crippen molar-refractivity contribution in [3.05, 3.63) is 11.8 Å². The van der Waals surface area contributed by atoms with E-state index in [0.717, 1.165) is 44.8 Å². The van der Waals surface area contributed by atoms with Crippen LogP contribution in [-0.2, 0) is 9.47 Å². The fraction of sp³-hybridized carbons (Fsp3) is 0.700. The van der Waals surface area contributed by atoms with Crippen LogP contribution in [0.4, 0.5) is 0 Å². The van der Waals surface area contributed by atoms with Crippen molar-refractivity contribution in [2.75, 3.05) is 19.8 Å². The first-order chi connectivity index (χ1) is 6.86. The zero-order valence-corrected chi connectivity index (χ0v) is 8.79.